The molecule has 102 valence electrons. The smallest absolute Gasteiger partial charge is 0.299 e. The van der Waals surface area contributed by atoms with Crippen molar-refractivity contribution >= 4 is 29.0 Å². The van der Waals surface area contributed by atoms with Gasteiger partial charge in [0.05, 0.1) is 11.3 Å². The van der Waals surface area contributed by atoms with Crippen molar-refractivity contribution in [3.8, 4) is 0 Å². The lowest BCUT2D eigenvalue weighted by Crippen LogP contribution is -2.29. The molecule has 7 heteroatoms. The molecule has 0 spiro atoms. The van der Waals surface area contributed by atoms with Gasteiger partial charge in [-0.3, -0.25) is 14.5 Å². The molecule has 1 aliphatic rings. The second-order valence-electron chi connectivity index (χ2n) is 4.34. The second-order valence-corrected chi connectivity index (χ2v) is 4.78. The molecule has 0 atom stereocenters. The van der Waals surface area contributed by atoms with Gasteiger partial charge in [-0.1, -0.05) is 23.7 Å². The molecule has 1 aliphatic heterocycles. The third-order valence-corrected chi connectivity index (χ3v) is 3.29. The van der Waals surface area contributed by atoms with Crippen LogP contribution >= 0.6 is 11.6 Å². The van der Waals surface area contributed by atoms with E-state index >= 15 is 0 Å². The highest BCUT2D eigenvalue weighted by atomic mass is 35.5. The summed E-state index contributed by atoms with van der Waals surface area (Å²) in [6.45, 7) is 1.97. The van der Waals surface area contributed by atoms with E-state index in [0.717, 1.165) is 0 Å². The predicted octanol–water partition coefficient (Wildman–Crippen LogP) is 2.01. The van der Waals surface area contributed by atoms with Crippen LogP contribution in [-0.4, -0.2) is 21.8 Å². The van der Waals surface area contributed by atoms with E-state index in [1.165, 1.54) is 11.0 Å². The number of aryl methyl sites for hydroxylation is 1. The van der Waals surface area contributed by atoms with Gasteiger partial charge in [-0.25, -0.2) is 0 Å². The van der Waals surface area contributed by atoms with E-state index in [4.69, 9.17) is 16.1 Å². The van der Waals surface area contributed by atoms with Crippen molar-refractivity contribution in [1.29, 1.82) is 0 Å². The van der Waals surface area contributed by atoms with Crippen molar-refractivity contribution in [2.24, 2.45) is 0 Å². The van der Waals surface area contributed by atoms with Crippen LogP contribution in [0.3, 0.4) is 0 Å². The molecule has 1 aromatic heterocycles. The summed E-state index contributed by atoms with van der Waals surface area (Å²) in [4.78, 5) is 29.3. The van der Waals surface area contributed by atoms with Crippen LogP contribution in [0.5, 0.6) is 0 Å². The van der Waals surface area contributed by atoms with Crippen molar-refractivity contribution in [1.82, 2.24) is 10.1 Å². The first-order chi connectivity index (χ1) is 9.60. The molecule has 1 amide bonds. The summed E-state index contributed by atoms with van der Waals surface area (Å²) in [6, 6.07) is 4.75. The highest BCUT2D eigenvalue weighted by molar-refractivity contribution is 6.52. The molecule has 3 rings (SSSR count). The zero-order valence-electron chi connectivity index (χ0n) is 10.6. The molecule has 0 saturated carbocycles. The molecule has 2 aromatic rings. The molecule has 1 aromatic carbocycles. The van der Waals surface area contributed by atoms with E-state index in [0.29, 0.717) is 34.4 Å². The largest absolute Gasteiger partial charge is 0.337 e. The number of nitrogens with zero attached hydrogens (tertiary/aromatic N) is 3. The Hall–Kier alpha value is -2.21. The Labute approximate surface area is 119 Å². The number of carbonyl (C=O) groups excluding carboxylic acids is 2. The highest BCUT2D eigenvalue weighted by Gasteiger charge is 2.36. The molecule has 0 bridgehead atoms. The predicted molar refractivity (Wildman–Crippen MR) is 70.6 cm³/mol. The Morgan fingerprint density at radius 1 is 1.35 bits per heavy atom. The fourth-order valence-corrected chi connectivity index (χ4v) is 2.23. The third-order valence-electron chi connectivity index (χ3n) is 3.05. The molecule has 0 unspecified atom stereocenters. The van der Waals surface area contributed by atoms with E-state index in [1.54, 1.807) is 12.1 Å². The number of hydrogen-bond acceptors (Lipinski definition) is 5. The van der Waals surface area contributed by atoms with Crippen LogP contribution in [0, 0.1) is 0 Å². The maximum absolute atomic E-state index is 12.0. The number of rotatable bonds is 3. The number of amides is 1. The van der Waals surface area contributed by atoms with Gasteiger partial charge < -0.3 is 4.52 Å². The van der Waals surface area contributed by atoms with E-state index in [-0.39, 0.29) is 6.54 Å². The average molecular weight is 292 g/mol. The minimum atomic E-state index is -0.612. The number of fused-ring (bicyclic) bond motifs is 1. The van der Waals surface area contributed by atoms with E-state index in [1.807, 2.05) is 6.92 Å². The van der Waals surface area contributed by atoms with E-state index in [9.17, 15) is 9.59 Å². The van der Waals surface area contributed by atoms with Gasteiger partial charge in [-0.15, -0.1) is 0 Å². The summed E-state index contributed by atoms with van der Waals surface area (Å²) in [5.74, 6) is -0.323. The second kappa shape index (κ2) is 4.72. The first kappa shape index (κ1) is 12.8. The van der Waals surface area contributed by atoms with E-state index < -0.39 is 11.7 Å². The van der Waals surface area contributed by atoms with Crippen molar-refractivity contribution < 1.29 is 14.1 Å². The number of Topliss-reactive ketones (excluding diaryl/α,β-unsaturated/α-hetero) is 1. The van der Waals surface area contributed by atoms with Crippen LogP contribution in [-0.2, 0) is 17.8 Å². The van der Waals surface area contributed by atoms with Crippen molar-refractivity contribution in [2.75, 3.05) is 4.90 Å². The van der Waals surface area contributed by atoms with Gasteiger partial charge >= 0.3 is 0 Å². The van der Waals surface area contributed by atoms with Gasteiger partial charge in [0, 0.05) is 11.4 Å². The highest BCUT2D eigenvalue weighted by Crippen LogP contribution is 2.32. The van der Waals surface area contributed by atoms with Gasteiger partial charge in [0.1, 0.15) is 6.54 Å². The molecule has 0 radical (unpaired) electrons. The first-order valence-corrected chi connectivity index (χ1v) is 6.45. The average Bonchev–Trinajstić information content (AvgIpc) is 2.99. The molecular weight excluding hydrogens is 282 g/mol. The van der Waals surface area contributed by atoms with Crippen molar-refractivity contribution in [2.45, 2.75) is 19.9 Å². The number of carbonyl (C=O) groups is 2. The quantitative estimate of drug-likeness (QED) is 0.809. The van der Waals surface area contributed by atoms with E-state index in [2.05, 4.69) is 10.1 Å². The fraction of sp³-hybridized carbons (Fsp3) is 0.231. The lowest BCUT2D eigenvalue weighted by molar-refractivity contribution is -0.114. The molecule has 0 fully saturated rings. The zero-order valence-corrected chi connectivity index (χ0v) is 11.3. The number of benzene rings is 1. The molecule has 0 saturated heterocycles. The number of anilines is 1. The summed E-state index contributed by atoms with van der Waals surface area (Å²) in [5.41, 5.74) is 0.818. The number of ketones is 1. The standard InChI is InChI=1S/C13H10ClN3O3/c1-2-10-15-11(20-16-10)6-17-9-4-3-7(14)5-8(9)12(18)13(17)19/h3-5H,2,6H2,1H3. The topological polar surface area (TPSA) is 76.3 Å². The van der Waals surface area contributed by atoms with Gasteiger partial charge in [0.25, 0.3) is 11.7 Å². The summed E-state index contributed by atoms with van der Waals surface area (Å²) >= 11 is 5.84. The summed E-state index contributed by atoms with van der Waals surface area (Å²) in [7, 11) is 0. The lowest BCUT2D eigenvalue weighted by Gasteiger charge is -2.13. The molecule has 2 heterocycles. The summed E-state index contributed by atoms with van der Waals surface area (Å²) in [5, 5.41) is 4.18. The van der Waals surface area contributed by atoms with Crippen molar-refractivity contribution in [3.05, 3.63) is 40.5 Å². The number of halogens is 1. The Bertz CT molecular complexity index is 711. The maximum Gasteiger partial charge on any atom is 0.299 e. The van der Waals surface area contributed by atoms with Gasteiger partial charge in [-0.2, -0.15) is 4.98 Å². The molecule has 0 N–H and O–H groups in total. The van der Waals surface area contributed by atoms with Gasteiger partial charge in [-0.05, 0) is 18.2 Å². The molecule has 20 heavy (non-hydrogen) atoms. The summed E-state index contributed by atoms with van der Waals surface area (Å²) in [6.07, 6.45) is 0.641. The van der Waals surface area contributed by atoms with Gasteiger partial charge in [0.2, 0.25) is 5.89 Å². The summed E-state index contributed by atoms with van der Waals surface area (Å²) < 4.78 is 5.05. The van der Waals surface area contributed by atoms with Crippen LogP contribution in [0.15, 0.2) is 22.7 Å². The van der Waals surface area contributed by atoms with Crippen LogP contribution in [0.1, 0.15) is 29.0 Å². The van der Waals surface area contributed by atoms with Crippen LogP contribution < -0.4 is 4.90 Å². The first-order valence-electron chi connectivity index (χ1n) is 6.07. The lowest BCUT2D eigenvalue weighted by atomic mass is 10.1. The maximum atomic E-state index is 12.0. The zero-order chi connectivity index (χ0) is 14.3. The SMILES string of the molecule is CCc1noc(CN2C(=O)C(=O)c3cc(Cl)ccc32)n1. The van der Waals surface area contributed by atoms with Crippen molar-refractivity contribution in [3.63, 3.8) is 0 Å². The molecule has 0 aliphatic carbocycles. The van der Waals surface area contributed by atoms with Crippen LogP contribution in [0.25, 0.3) is 0 Å². The minimum Gasteiger partial charge on any atom is -0.337 e. The van der Waals surface area contributed by atoms with Crippen LogP contribution in [0.4, 0.5) is 5.69 Å². The fourth-order valence-electron chi connectivity index (χ4n) is 2.06. The number of aromatic nitrogens is 2. The number of hydrogen-bond donors (Lipinski definition) is 0. The normalized spacial score (nSPS) is 14.0. The Kier molecular flexibility index (Phi) is 3.02. The monoisotopic (exact) mass is 291 g/mol. The minimum absolute atomic E-state index is 0.0756. The Balaban J connectivity index is 1.95. The van der Waals surface area contributed by atoms with Gasteiger partial charge in [0.15, 0.2) is 5.82 Å². The molecular formula is C13H10ClN3O3. The third kappa shape index (κ3) is 1.98. The molecule has 6 nitrogen and oxygen atoms in total. The Morgan fingerprint density at radius 2 is 2.15 bits per heavy atom. The van der Waals surface area contributed by atoms with Crippen LogP contribution in [0.2, 0.25) is 5.02 Å². The Morgan fingerprint density at radius 3 is 2.85 bits per heavy atom.